The van der Waals surface area contributed by atoms with E-state index in [9.17, 15) is 0 Å². The van der Waals surface area contributed by atoms with E-state index in [-0.39, 0.29) is 24.0 Å². The Labute approximate surface area is 151 Å². The maximum absolute atomic E-state index is 6.05. The fraction of sp³-hybridized carbons (Fsp3) is 0.286. The van der Waals surface area contributed by atoms with Crippen LogP contribution in [0.3, 0.4) is 0 Å². The van der Waals surface area contributed by atoms with Crippen LogP contribution < -0.4 is 15.8 Å². The minimum Gasteiger partial charge on any atom is -0.495 e. The normalized spacial score (nSPS) is 11.0. The van der Waals surface area contributed by atoms with Crippen LogP contribution in [-0.2, 0) is 13.6 Å². The van der Waals surface area contributed by atoms with Gasteiger partial charge in [-0.1, -0.05) is 11.6 Å². The molecule has 120 valence electrons. The van der Waals surface area contributed by atoms with E-state index in [0.717, 1.165) is 17.1 Å². The smallest absolute Gasteiger partial charge is 0.193 e. The quantitative estimate of drug-likeness (QED) is 0.440. The van der Waals surface area contributed by atoms with Gasteiger partial charge >= 0.3 is 0 Å². The number of nitrogens with two attached hydrogens (primary N) is 1. The van der Waals surface area contributed by atoms with E-state index in [1.165, 1.54) is 0 Å². The first-order chi connectivity index (χ1) is 9.99. The highest BCUT2D eigenvalue weighted by atomic mass is 127. The van der Waals surface area contributed by atoms with Crippen LogP contribution in [0.1, 0.15) is 11.4 Å². The Hall–Kier alpha value is -1.48. The molecule has 2 rings (SSSR count). The van der Waals surface area contributed by atoms with Gasteiger partial charge in [0, 0.05) is 12.7 Å². The van der Waals surface area contributed by atoms with Crippen molar-refractivity contribution in [1.82, 2.24) is 9.78 Å². The van der Waals surface area contributed by atoms with Crippen molar-refractivity contribution in [3.63, 3.8) is 0 Å². The number of aliphatic imine (C=N–C) groups is 1. The van der Waals surface area contributed by atoms with Crippen molar-refractivity contribution >= 4 is 47.2 Å². The van der Waals surface area contributed by atoms with Crippen LogP contribution in [0.4, 0.5) is 5.69 Å². The standard InChI is InChI=1S/C14H18ClN5O.HI/c1-9-6-11(20(2)19-9)8-17-14(16)18-10-4-5-13(21-3)12(15)7-10;/h4-7H,8H2,1-3H3,(H3,16,17,18);1H. The average molecular weight is 436 g/mol. The Morgan fingerprint density at radius 1 is 1.45 bits per heavy atom. The molecule has 0 saturated carbocycles. The zero-order valence-corrected chi connectivity index (χ0v) is 15.7. The summed E-state index contributed by atoms with van der Waals surface area (Å²) < 4.78 is 6.88. The van der Waals surface area contributed by atoms with Gasteiger partial charge in [-0.05, 0) is 31.2 Å². The summed E-state index contributed by atoms with van der Waals surface area (Å²) in [5.74, 6) is 0.929. The number of rotatable bonds is 4. The van der Waals surface area contributed by atoms with Crippen molar-refractivity contribution in [2.75, 3.05) is 12.4 Å². The average Bonchev–Trinajstić information content (AvgIpc) is 2.75. The Morgan fingerprint density at radius 2 is 2.18 bits per heavy atom. The van der Waals surface area contributed by atoms with Crippen molar-refractivity contribution in [2.24, 2.45) is 17.8 Å². The largest absolute Gasteiger partial charge is 0.495 e. The van der Waals surface area contributed by atoms with Crippen LogP contribution in [0.25, 0.3) is 0 Å². The molecule has 8 heteroatoms. The van der Waals surface area contributed by atoms with Gasteiger partial charge < -0.3 is 15.8 Å². The van der Waals surface area contributed by atoms with Gasteiger partial charge in [0.15, 0.2) is 5.96 Å². The Bertz CT molecular complexity index is 671. The van der Waals surface area contributed by atoms with Crippen LogP contribution in [0.5, 0.6) is 5.75 Å². The van der Waals surface area contributed by atoms with Gasteiger partial charge in [-0.2, -0.15) is 5.10 Å². The number of hydrogen-bond acceptors (Lipinski definition) is 3. The van der Waals surface area contributed by atoms with Gasteiger partial charge in [-0.15, -0.1) is 24.0 Å². The molecule has 0 fully saturated rings. The molecule has 2 aromatic rings. The van der Waals surface area contributed by atoms with Gasteiger partial charge in [0.1, 0.15) is 5.75 Å². The SMILES string of the molecule is COc1ccc(NC(N)=NCc2cc(C)nn2C)cc1Cl.I. The maximum Gasteiger partial charge on any atom is 0.193 e. The molecule has 0 aliphatic rings. The minimum absolute atomic E-state index is 0. The molecule has 0 bridgehead atoms. The van der Waals surface area contributed by atoms with Gasteiger partial charge in [0.05, 0.1) is 30.1 Å². The van der Waals surface area contributed by atoms with E-state index >= 15 is 0 Å². The summed E-state index contributed by atoms with van der Waals surface area (Å²) in [4.78, 5) is 4.28. The molecule has 3 N–H and O–H groups in total. The third-order valence-corrected chi connectivity index (χ3v) is 3.23. The van der Waals surface area contributed by atoms with E-state index in [2.05, 4.69) is 15.4 Å². The molecule has 22 heavy (non-hydrogen) atoms. The second-order valence-corrected chi connectivity index (χ2v) is 4.98. The fourth-order valence-corrected chi connectivity index (χ4v) is 2.17. The second-order valence-electron chi connectivity index (χ2n) is 4.58. The van der Waals surface area contributed by atoms with E-state index in [1.54, 1.807) is 23.9 Å². The van der Waals surface area contributed by atoms with Crippen molar-refractivity contribution < 1.29 is 4.74 Å². The van der Waals surface area contributed by atoms with Gasteiger partial charge in [-0.25, -0.2) is 4.99 Å². The summed E-state index contributed by atoms with van der Waals surface area (Å²) in [6, 6.07) is 7.29. The summed E-state index contributed by atoms with van der Waals surface area (Å²) in [6.07, 6.45) is 0. The summed E-state index contributed by atoms with van der Waals surface area (Å²) >= 11 is 6.05. The first-order valence-electron chi connectivity index (χ1n) is 6.39. The fourth-order valence-electron chi connectivity index (χ4n) is 1.91. The molecule has 1 heterocycles. The number of methoxy groups -OCH3 is 1. The second kappa shape index (κ2) is 8.23. The summed E-state index contributed by atoms with van der Waals surface area (Å²) in [5, 5.41) is 7.76. The lowest BCUT2D eigenvalue weighted by Gasteiger charge is -2.08. The Balaban J connectivity index is 0.00000242. The molecule has 0 atom stereocenters. The van der Waals surface area contributed by atoms with Crippen molar-refractivity contribution in [2.45, 2.75) is 13.5 Å². The van der Waals surface area contributed by atoms with Gasteiger partial charge in [0.2, 0.25) is 0 Å². The first-order valence-corrected chi connectivity index (χ1v) is 6.77. The predicted octanol–water partition coefficient (Wildman–Crippen LogP) is 2.94. The van der Waals surface area contributed by atoms with E-state index in [4.69, 9.17) is 22.1 Å². The number of nitrogens with one attached hydrogen (secondary N) is 1. The summed E-state index contributed by atoms with van der Waals surface area (Å²) in [5.41, 5.74) is 8.56. The number of anilines is 1. The highest BCUT2D eigenvalue weighted by Crippen LogP contribution is 2.27. The third kappa shape index (κ3) is 4.77. The lowest BCUT2D eigenvalue weighted by atomic mass is 10.3. The molecule has 0 radical (unpaired) electrons. The summed E-state index contributed by atoms with van der Waals surface area (Å²) in [7, 11) is 3.45. The minimum atomic E-state index is 0. The lowest BCUT2D eigenvalue weighted by Crippen LogP contribution is -2.22. The molecule has 1 aromatic carbocycles. The molecule has 0 aliphatic carbocycles. The zero-order valence-electron chi connectivity index (χ0n) is 12.6. The number of ether oxygens (including phenoxy) is 1. The number of halogens is 2. The Kier molecular flexibility index (Phi) is 6.95. The first kappa shape index (κ1) is 18.6. The molecular weight excluding hydrogens is 417 g/mol. The predicted molar refractivity (Wildman–Crippen MR) is 100 cm³/mol. The van der Waals surface area contributed by atoms with Crippen LogP contribution in [0, 0.1) is 6.92 Å². The number of benzene rings is 1. The molecule has 0 saturated heterocycles. The maximum atomic E-state index is 6.05. The topological polar surface area (TPSA) is 77.5 Å². The van der Waals surface area contributed by atoms with Crippen molar-refractivity contribution in [3.8, 4) is 5.75 Å². The molecule has 0 unspecified atom stereocenters. The molecule has 6 nitrogen and oxygen atoms in total. The van der Waals surface area contributed by atoms with Gasteiger partial charge in [-0.3, -0.25) is 4.68 Å². The molecular formula is C14H19ClIN5O. The highest BCUT2D eigenvalue weighted by molar-refractivity contribution is 14.0. The zero-order chi connectivity index (χ0) is 15.4. The molecule has 1 aromatic heterocycles. The number of guanidine groups is 1. The van der Waals surface area contributed by atoms with E-state index in [0.29, 0.717) is 23.3 Å². The van der Waals surface area contributed by atoms with Crippen LogP contribution in [-0.4, -0.2) is 22.8 Å². The molecule has 0 aliphatic heterocycles. The monoisotopic (exact) mass is 435 g/mol. The lowest BCUT2D eigenvalue weighted by molar-refractivity contribution is 0.415. The van der Waals surface area contributed by atoms with Crippen LogP contribution >= 0.6 is 35.6 Å². The molecule has 0 amide bonds. The summed E-state index contributed by atoms with van der Waals surface area (Å²) in [6.45, 7) is 2.40. The van der Waals surface area contributed by atoms with E-state index < -0.39 is 0 Å². The third-order valence-electron chi connectivity index (χ3n) is 2.93. The van der Waals surface area contributed by atoms with Gasteiger partial charge in [0.25, 0.3) is 0 Å². The van der Waals surface area contributed by atoms with E-state index in [1.807, 2.05) is 26.1 Å². The van der Waals surface area contributed by atoms with Crippen molar-refractivity contribution in [1.29, 1.82) is 0 Å². The number of nitrogens with zero attached hydrogens (tertiary/aromatic N) is 3. The van der Waals surface area contributed by atoms with Crippen LogP contribution in [0.2, 0.25) is 5.02 Å². The number of hydrogen-bond donors (Lipinski definition) is 2. The number of aryl methyl sites for hydroxylation is 2. The number of aromatic nitrogens is 2. The Morgan fingerprint density at radius 3 is 2.73 bits per heavy atom. The van der Waals surface area contributed by atoms with Crippen molar-refractivity contribution in [3.05, 3.63) is 40.7 Å². The van der Waals surface area contributed by atoms with Crippen LogP contribution in [0.15, 0.2) is 29.3 Å². The highest BCUT2D eigenvalue weighted by Gasteiger charge is 2.04. The molecule has 0 spiro atoms.